The number of hydrogen-bond acceptors (Lipinski definition) is 1. The standard InChI is InChI=1S/C66H43N3/c1-3-13-44(14-4-1)45-23-25-46(26-24-45)47-27-34-53(35-28-47)67(54-36-29-48(30-37-54)50-33-40-65-59(41-50)56-17-7-10-20-62(56)68(65)52-15-5-2-6-16-52)55-38-31-49(32-39-55)51-42-60-57-18-8-11-21-63(57)69-64-22-12-9-19-58(64)61(43-51)66(60)69/h1-43H. The monoisotopic (exact) mass is 877 g/mol. The summed E-state index contributed by atoms with van der Waals surface area (Å²) in [5.41, 5.74) is 20.2. The Labute approximate surface area is 400 Å². The van der Waals surface area contributed by atoms with E-state index in [0.717, 1.165) is 22.7 Å². The maximum atomic E-state index is 2.44. The van der Waals surface area contributed by atoms with Crippen LogP contribution in [0.3, 0.4) is 0 Å². The lowest BCUT2D eigenvalue weighted by Crippen LogP contribution is -2.09. The number of aromatic nitrogens is 2. The number of anilines is 3. The Kier molecular flexibility index (Phi) is 8.90. The van der Waals surface area contributed by atoms with E-state index in [-0.39, 0.29) is 0 Å². The molecular formula is C66H43N3. The summed E-state index contributed by atoms with van der Waals surface area (Å²) in [5.74, 6) is 0. The summed E-state index contributed by atoms with van der Waals surface area (Å²) in [7, 11) is 0. The van der Waals surface area contributed by atoms with Crippen molar-refractivity contribution in [3.05, 3.63) is 261 Å². The SMILES string of the molecule is c1ccc(-c2ccc(-c3ccc(N(c4ccc(-c5ccc6c(c5)c5ccccc5n6-c5ccccc5)cc4)c4ccc(-c5cc6c7ccccc7n7c8ccccc8c(c5)c67)cc4)cc3)cc2)cc1. The predicted octanol–water partition coefficient (Wildman–Crippen LogP) is 18.1. The zero-order valence-electron chi connectivity index (χ0n) is 37.7. The van der Waals surface area contributed by atoms with Crippen LogP contribution in [0, 0.1) is 0 Å². The topological polar surface area (TPSA) is 12.6 Å². The van der Waals surface area contributed by atoms with Gasteiger partial charge in [-0.3, -0.25) is 0 Å². The van der Waals surface area contributed by atoms with Gasteiger partial charge >= 0.3 is 0 Å². The molecule has 0 unspecified atom stereocenters. The van der Waals surface area contributed by atoms with Crippen molar-refractivity contribution in [1.82, 2.24) is 8.97 Å². The average molecular weight is 878 g/mol. The van der Waals surface area contributed by atoms with Gasteiger partial charge in [0.2, 0.25) is 0 Å². The minimum absolute atomic E-state index is 1.09. The second-order valence-electron chi connectivity index (χ2n) is 18.1. The largest absolute Gasteiger partial charge is 0.311 e. The minimum Gasteiger partial charge on any atom is -0.311 e. The lowest BCUT2D eigenvalue weighted by Gasteiger charge is -2.26. The molecule has 69 heavy (non-hydrogen) atoms. The molecule has 0 N–H and O–H groups in total. The maximum absolute atomic E-state index is 2.44. The molecule has 0 saturated heterocycles. The zero-order chi connectivity index (χ0) is 45.4. The molecule has 322 valence electrons. The quantitative estimate of drug-likeness (QED) is 0.148. The van der Waals surface area contributed by atoms with Gasteiger partial charge in [-0.2, -0.15) is 0 Å². The second kappa shape index (κ2) is 15.7. The molecule has 3 nitrogen and oxygen atoms in total. The average Bonchev–Trinajstić information content (AvgIpc) is 4.07. The molecule has 14 rings (SSSR count). The lowest BCUT2D eigenvalue weighted by atomic mass is 9.98. The van der Waals surface area contributed by atoms with Crippen LogP contribution in [0.25, 0.3) is 110 Å². The van der Waals surface area contributed by atoms with Gasteiger partial charge < -0.3 is 13.9 Å². The van der Waals surface area contributed by atoms with Crippen LogP contribution in [0.4, 0.5) is 17.1 Å². The maximum Gasteiger partial charge on any atom is 0.0620 e. The molecule has 3 heterocycles. The first-order chi connectivity index (χ1) is 34.2. The highest BCUT2D eigenvalue weighted by Gasteiger charge is 2.20. The normalized spacial score (nSPS) is 11.8. The Morgan fingerprint density at radius 2 is 0.580 bits per heavy atom. The van der Waals surface area contributed by atoms with E-state index in [1.807, 2.05) is 0 Å². The van der Waals surface area contributed by atoms with Gasteiger partial charge in [0, 0.05) is 55.1 Å². The van der Waals surface area contributed by atoms with Crippen LogP contribution >= 0.6 is 0 Å². The molecule has 0 radical (unpaired) electrons. The minimum atomic E-state index is 1.09. The Hall–Kier alpha value is -9.18. The predicted molar refractivity (Wildman–Crippen MR) is 292 cm³/mol. The van der Waals surface area contributed by atoms with Crippen LogP contribution < -0.4 is 4.90 Å². The Bertz CT molecular complexity index is 4100. The Morgan fingerprint density at radius 3 is 1.10 bits per heavy atom. The summed E-state index contributed by atoms with van der Waals surface area (Å²) < 4.78 is 4.82. The molecule has 11 aromatic carbocycles. The van der Waals surface area contributed by atoms with Crippen LogP contribution in [-0.4, -0.2) is 8.97 Å². The van der Waals surface area contributed by atoms with Crippen LogP contribution in [0.15, 0.2) is 261 Å². The Balaban J connectivity index is 0.850. The van der Waals surface area contributed by atoms with E-state index in [2.05, 4.69) is 275 Å². The van der Waals surface area contributed by atoms with Gasteiger partial charge in [-0.15, -0.1) is 0 Å². The fraction of sp³-hybridized carbons (Fsp3) is 0. The van der Waals surface area contributed by atoms with Crippen LogP contribution in [0.5, 0.6) is 0 Å². The molecule has 0 saturated carbocycles. The molecule has 14 aromatic rings. The number of rotatable bonds is 8. The number of fused-ring (bicyclic) bond motifs is 9. The molecule has 0 aliphatic rings. The van der Waals surface area contributed by atoms with Crippen molar-refractivity contribution in [3.63, 3.8) is 0 Å². The summed E-state index contributed by atoms with van der Waals surface area (Å²) in [5, 5.41) is 7.64. The van der Waals surface area contributed by atoms with Crippen LogP contribution in [-0.2, 0) is 0 Å². The number of hydrogen-bond donors (Lipinski definition) is 0. The first-order valence-electron chi connectivity index (χ1n) is 23.7. The van der Waals surface area contributed by atoms with Gasteiger partial charge in [0.25, 0.3) is 0 Å². The van der Waals surface area contributed by atoms with Crippen molar-refractivity contribution < 1.29 is 0 Å². The van der Waals surface area contributed by atoms with Crippen molar-refractivity contribution in [1.29, 1.82) is 0 Å². The number of nitrogens with zero attached hydrogens (tertiary/aromatic N) is 3. The first kappa shape index (κ1) is 39.0. The van der Waals surface area contributed by atoms with Crippen LogP contribution in [0.1, 0.15) is 0 Å². The summed E-state index contributed by atoms with van der Waals surface area (Å²) in [4.78, 5) is 2.37. The third-order valence-corrected chi connectivity index (χ3v) is 14.3. The number of para-hydroxylation sites is 4. The van der Waals surface area contributed by atoms with E-state index in [9.17, 15) is 0 Å². The third kappa shape index (κ3) is 6.36. The summed E-state index contributed by atoms with van der Waals surface area (Å²) in [6.07, 6.45) is 0. The second-order valence-corrected chi connectivity index (χ2v) is 18.1. The van der Waals surface area contributed by atoms with Crippen molar-refractivity contribution in [2.45, 2.75) is 0 Å². The van der Waals surface area contributed by atoms with Crippen molar-refractivity contribution in [2.75, 3.05) is 4.90 Å². The first-order valence-corrected chi connectivity index (χ1v) is 23.7. The zero-order valence-corrected chi connectivity index (χ0v) is 37.7. The van der Waals surface area contributed by atoms with Crippen molar-refractivity contribution in [2.24, 2.45) is 0 Å². The lowest BCUT2D eigenvalue weighted by molar-refractivity contribution is 1.18. The molecule has 3 heteroatoms. The molecule has 0 aliphatic carbocycles. The summed E-state index contributed by atoms with van der Waals surface area (Å²) >= 11 is 0. The summed E-state index contributed by atoms with van der Waals surface area (Å²) in [6.45, 7) is 0. The van der Waals surface area contributed by atoms with Crippen molar-refractivity contribution in [3.8, 4) is 50.2 Å². The highest BCUT2D eigenvalue weighted by atomic mass is 15.1. The van der Waals surface area contributed by atoms with Crippen LogP contribution in [0.2, 0.25) is 0 Å². The Morgan fingerprint density at radius 1 is 0.232 bits per heavy atom. The molecule has 0 spiro atoms. The molecular weight excluding hydrogens is 835 g/mol. The molecule has 3 aromatic heterocycles. The fourth-order valence-corrected chi connectivity index (χ4v) is 11.0. The van der Waals surface area contributed by atoms with E-state index in [0.29, 0.717) is 0 Å². The van der Waals surface area contributed by atoms with Crippen molar-refractivity contribution >= 4 is 77.0 Å². The molecule has 0 amide bonds. The van der Waals surface area contributed by atoms with Gasteiger partial charge in [0.05, 0.1) is 27.6 Å². The smallest absolute Gasteiger partial charge is 0.0620 e. The van der Waals surface area contributed by atoms with Gasteiger partial charge in [0.15, 0.2) is 0 Å². The molecule has 0 bridgehead atoms. The van der Waals surface area contributed by atoms with Gasteiger partial charge in [-0.05, 0) is 136 Å². The summed E-state index contributed by atoms with van der Waals surface area (Å²) in [6, 6.07) is 95.3. The van der Waals surface area contributed by atoms with Gasteiger partial charge in [-0.25, -0.2) is 0 Å². The highest BCUT2D eigenvalue weighted by Crippen LogP contribution is 2.43. The van der Waals surface area contributed by atoms with E-state index in [1.165, 1.54) is 104 Å². The van der Waals surface area contributed by atoms with E-state index < -0.39 is 0 Å². The molecule has 0 aliphatic heterocycles. The molecule has 0 atom stereocenters. The molecule has 0 fully saturated rings. The van der Waals surface area contributed by atoms with E-state index >= 15 is 0 Å². The fourth-order valence-electron chi connectivity index (χ4n) is 11.0. The highest BCUT2D eigenvalue weighted by molar-refractivity contribution is 6.24. The van der Waals surface area contributed by atoms with E-state index in [4.69, 9.17) is 0 Å². The van der Waals surface area contributed by atoms with Gasteiger partial charge in [0.1, 0.15) is 0 Å². The number of benzene rings is 11. The van der Waals surface area contributed by atoms with Gasteiger partial charge in [-0.1, -0.05) is 170 Å². The van der Waals surface area contributed by atoms with E-state index in [1.54, 1.807) is 0 Å². The third-order valence-electron chi connectivity index (χ3n) is 14.3.